The van der Waals surface area contributed by atoms with Crippen LogP contribution < -0.4 is 5.32 Å². The minimum absolute atomic E-state index is 0.0335. The van der Waals surface area contributed by atoms with Crippen LogP contribution in [0.15, 0.2) is 24.3 Å². The van der Waals surface area contributed by atoms with Crippen LogP contribution in [0.4, 0.5) is 0 Å². The van der Waals surface area contributed by atoms with E-state index in [2.05, 4.69) is 5.32 Å². The Morgan fingerprint density at radius 2 is 2.29 bits per heavy atom. The lowest BCUT2D eigenvalue weighted by Gasteiger charge is -2.12. The Labute approximate surface area is 99.0 Å². The molecule has 0 aliphatic carbocycles. The van der Waals surface area contributed by atoms with Crippen LogP contribution in [0.5, 0.6) is 5.75 Å². The molecule has 1 aromatic rings. The van der Waals surface area contributed by atoms with Gasteiger partial charge >= 0.3 is 0 Å². The Morgan fingerprint density at radius 3 is 2.88 bits per heavy atom. The lowest BCUT2D eigenvalue weighted by Crippen LogP contribution is -2.36. The number of hydrogen-bond acceptors (Lipinski definition) is 3. The van der Waals surface area contributed by atoms with E-state index in [1.165, 1.54) is 12.1 Å². The topological polar surface area (TPSA) is 69.6 Å². The van der Waals surface area contributed by atoms with Crippen molar-refractivity contribution >= 4 is 11.8 Å². The summed E-state index contributed by atoms with van der Waals surface area (Å²) in [6.07, 6.45) is 0.334. The molecule has 90 valence electrons. The molecular formula is C12H14N2O3. The van der Waals surface area contributed by atoms with E-state index in [-0.39, 0.29) is 23.6 Å². The fourth-order valence-corrected chi connectivity index (χ4v) is 1.88. The molecular weight excluding hydrogens is 220 g/mol. The van der Waals surface area contributed by atoms with Gasteiger partial charge in [-0.25, -0.2) is 0 Å². The van der Waals surface area contributed by atoms with Crippen molar-refractivity contribution in [2.45, 2.75) is 12.5 Å². The highest BCUT2D eigenvalue weighted by atomic mass is 16.3. The van der Waals surface area contributed by atoms with Crippen molar-refractivity contribution in [2.75, 3.05) is 13.6 Å². The van der Waals surface area contributed by atoms with Crippen molar-refractivity contribution in [3.05, 3.63) is 29.8 Å². The second-order valence-corrected chi connectivity index (χ2v) is 4.20. The number of carbonyl (C=O) groups is 2. The molecule has 0 saturated carbocycles. The first-order chi connectivity index (χ1) is 8.06. The predicted molar refractivity (Wildman–Crippen MR) is 61.6 cm³/mol. The van der Waals surface area contributed by atoms with Gasteiger partial charge in [0.1, 0.15) is 5.75 Å². The lowest BCUT2D eigenvalue weighted by molar-refractivity contribution is -0.126. The lowest BCUT2D eigenvalue weighted by atomic mass is 10.2. The number of phenolic OH excluding ortho intramolecular Hbond substituents is 1. The highest BCUT2D eigenvalue weighted by molar-refractivity contribution is 5.95. The minimum Gasteiger partial charge on any atom is -0.508 e. The van der Waals surface area contributed by atoms with Gasteiger partial charge < -0.3 is 15.3 Å². The number of likely N-dealkylation sites (N-methyl/N-ethyl adjacent to an activating group) is 1. The highest BCUT2D eigenvalue weighted by Crippen LogP contribution is 2.13. The summed E-state index contributed by atoms with van der Waals surface area (Å²) in [5.41, 5.74) is 0.395. The van der Waals surface area contributed by atoms with E-state index in [0.717, 1.165) is 0 Å². The van der Waals surface area contributed by atoms with Crippen LogP contribution in [0.1, 0.15) is 16.8 Å². The standard InChI is InChI=1S/C12H14N2O3/c1-14-7-9(6-11(14)16)13-12(17)8-3-2-4-10(15)5-8/h2-5,9,15H,6-7H2,1H3,(H,13,17). The Bertz CT molecular complexity index is 459. The zero-order valence-corrected chi connectivity index (χ0v) is 9.51. The molecule has 5 nitrogen and oxygen atoms in total. The van der Waals surface area contributed by atoms with E-state index in [0.29, 0.717) is 18.5 Å². The molecule has 5 heteroatoms. The van der Waals surface area contributed by atoms with Gasteiger partial charge in [-0.15, -0.1) is 0 Å². The van der Waals surface area contributed by atoms with Gasteiger partial charge in [0.05, 0.1) is 6.04 Å². The fraction of sp³-hybridized carbons (Fsp3) is 0.333. The molecule has 0 bridgehead atoms. The summed E-state index contributed by atoms with van der Waals surface area (Å²) in [5, 5.41) is 12.0. The van der Waals surface area contributed by atoms with Gasteiger partial charge in [-0.1, -0.05) is 6.07 Å². The molecule has 0 radical (unpaired) electrons. The summed E-state index contributed by atoms with van der Waals surface area (Å²) in [5.74, 6) is -0.183. The number of carbonyl (C=O) groups excluding carboxylic acids is 2. The molecule has 2 N–H and O–H groups in total. The number of hydrogen-bond donors (Lipinski definition) is 2. The smallest absolute Gasteiger partial charge is 0.251 e. The number of nitrogens with one attached hydrogen (secondary N) is 1. The SMILES string of the molecule is CN1CC(NC(=O)c2cccc(O)c2)CC1=O. The van der Waals surface area contributed by atoms with Crippen LogP contribution in [-0.4, -0.2) is 41.5 Å². The second kappa shape index (κ2) is 4.45. The molecule has 1 aliphatic heterocycles. The summed E-state index contributed by atoms with van der Waals surface area (Å²) < 4.78 is 0. The van der Waals surface area contributed by atoms with Gasteiger partial charge in [-0.05, 0) is 18.2 Å². The molecule has 2 amide bonds. The molecule has 17 heavy (non-hydrogen) atoms. The van der Waals surface area contributed by atoms with E-state index < -0.39 is 0 Å². The first kappa shape index (κ1) is 11.4. The third-order valence-electron chi connectivity index (χ3n) is 2.78. The molecule has 0 aromatic heterocycles. The Morgan fingerprint density at radius 1 is 1.53 bits per heavy atom. The number of likely N-dealkylation sites (tertiary alicyclic amines) is 1. The summed E-state index contributed by atoms with van der Waals surface area (Å²) in [7, 11) is 1.71. The quantitative estimate of drug-likeness (QED) is 0.776. The highest BCUT2D eigenvalue weighted by Gasteiger charge is 2.27. The van der Waals surface area contributed by atoms with Crippen LogP contribution in [0, 0.1) is 0 Å². The zero-order chi connectivity index (χ0) is 12.4. The molecule has 2 rings (SSSR count). The predicted octanol–water partition coefficient (Wildman–Crippen LogP) is 0.353. The Hall–Kier alpha value is -2.04. The van der Waals surface area contributed by atoms with Gasteiger partial charge in [0, 0.05) is 25.6 Å². The van der Waals surface area contributed by atoms with Crippen LogP contribution >= 0.6 is 0 Å². The van der Waals surface area contributed by atoms with Crippen molar-refractivity contribution in [1.29, 1.82) is 0 Å². The van der Waals surface area contributed by atoms with E-state index >= 15 is 0 Å². The molecule has 1 aromatic carbocycles. The minimum atomic E-state index is -0.269. The number of nitrogens with zero attached hydrogens (tertiary/aromatic N) is 1. The molecule has 0 spiro atoms. The molecule has 1 unspecified atom stereocenters. The average molecular weight is 234 g/mol. The monoisotopic (exact) mass is 234 g/mol. The maximum absolute atomic E-state index is 11.8. The van der Waals surface area contributed by atoms with Gasteiger partial charge in [0.2, 0.25) is 5.91 Å². The molecule has 1 atom stereocenters. The van der Waals surface area contributed by atoms with E-state index in [9.17, 15) is 14.7 Å². The summed E-state index contributed by atoms with van der Waals surface area (Å²) >= 11 is 0. The summed E-state index contributed by atoms with van der Waals surface area (Å²) in [6, 6.07) is 5.98. The first-order valence-corrected chi connectivity index (χ1v) is 5.40. The molecule has 1 aliphatic rings. The molecule has 1 fully saturated rings. The van der Waals surface area contributed by atoms with Crippen molar-refractivity contribution in [2.24, 2.45) is 0 Å². The van der Waals surface area contributed by atoms with Crippen LogP contribution in [0.3, 0.4) is 0 Å². The number of amides is 2. The van der Waals surface area contributed by atoms with E-state index in [4.69, 9.17) is 0 Å². The zero-order valence-electron chi connectivity index (χ0n) is 9.51. The van der Waals surface area contributed by atoms with Crippen LogP contribution in [0.25, 0.3) is 0 Å². The average Bonchev–Trinajstić information content (AvgIpc) is 2.58. The molecule has 1 heterocycles. The van der Waals surface area contributed by atoms with Gasteiger partial charge in [-0.2, -0.15) is 0 Å². The summed E-state index contributed by atoms with van der Waals surface area (Å²) in [6.45, 7) is 0.531. The Kier molecular flexibility index (Phi) is 2.99. The maximum Gasteiger partial charge on any atom is 0.251 e. The van der Waals surface area contributed by atoms with Gasteiger partial charge in [0.15, 0.2) is 0 Å². The number of benzene rings is 1. The normalized spacial score (nSPS) is 19.5. The first-order valence-electron chi connectivity index (χ1n) is 5.40. The van der Waals surface area contributed by atoms with Crippen LogP contribution in [-0.2, 0) is 4.79 Å². The third kappa shape index (κ3) is 2.55. The number of aromatic hydroxyl groups is 1. The van der Waals surface area contributed by atoms with Crippen molar-refractivity contribution in [3.63, 3.8) is 0 Å². The van der Waals surface area contributed by atoms with Gasteiger partial charge in [0.25, 0.3) is 5.91 Å². The molecule has 1 saturated heterocycles. The largest absolute Gasteiger partial charge is 0.508 e. The third-order valence-corrected chi connectivity index (χ3v) is 2.78. The second-order valence-electron chi connectivity index (χ2n) is 4.20. The van der Waals surface area contributed by atoms with E-state index in [1.54, 1.807) is 24.1 Å². The fourth-order valence-electron chi connectivity index (χ4n) is 1.88. The van der Waals surface area contributed by atoms with Gasteiger partial charge in [-0.3, -0.25) is 9.59 Å². The van der Waals surface area contributed by atoms with Crippen molar-refractivity contribution in [1.82, 2.24) is 10.2 Å². The maximum atomic E-state index is 11.8. The van der Waals surface area contributed by atoms with Crippen molar-refractivity contribution < 1.29 is 14.7 Å². The van der Waals surface area contributed by atoms with Crippen LogP contribution in [0.2, 0.25) is 0 Å². The number of rotatable bonds is 2. The summed E-state index contributed by atoms with van der Waals surface area (Å²) in [4.78, 5) is 24.7. The van der Waals surface area contributed by atoms with E-state index in [1.807, 2.05) is 0 Å². The number of phenols is 1. The van der Waals surface area contributed by atoms with Crippen molar-refractivity contribution in [3.8, 4) is 5.75 Å². The Balaban J connectivity index is 2.01.